The summed E-state index contributed by atoms with van der Waals surface area (Å²) in [6.45, 7) is 7.76. The smallest absolute Gasteiger partial charge is 0.320 e. The number of nitrogens with zero attached hydrogens (tertiary/aromatic N) is 2. The summed E-state index contributed by atoms with van der Waals surface area (Å²) in [7, 11) is 0. The molecule has 3 atom stereocenters. The second-order valence-electron chi connectivity index (χ2n) is 7.36. The molecular formula is C20H28N6O2. The highest BCUT2D eigenvalue weighted by Crippen LogP contribution is 2.26. The van der Waals surface area contributed by atoms with Crippen molar-refractivity contribution in [1.82, 2.24) is 25.7 Å². The van der Waals surface area contributed by atoms with E-state index in [9.17, 15) is 9.59 Å². The van der Waals surface area contributed by atoms with Crippen LogP contribution in [0.4, 0.5) is 10.6 Å². The van der Waals surface area contributed by atoms with E-state index in [1.807, 2.05) is 58.0 Å². The Morgan fingerprint density at radius 1 is 1.29 bits per heavy atom. The molecule has 150 valence electrons. The van der Waals surface area contributed by atoms with Crippen molar-refractivity contribution in [1.29, 1.82) is 0 Å². The number of nitrogens with one attached hydrogen (secondary N) is 4. The average Bonchev–Trinajstić information content (AvgIpc) is 3.05. The van der Waals surface area contributed by atoms with Crippen LogP contribution >= 0.6 is 0 Å². The fourth-order valence-corrected chi connectivity index (χ4v) is 3.40. The molecular weight excluding hydrogens is 356 g/mol. The van der Waals surface area contributed by atoms with Crippen molar-refractivity contribution in [2.75, 3.05) is 5.32 Å². The van der Waals surface area contributed by atoms with Crippen LogP contribution in [0, 0.1) is 5.92 Å². The maximum absolute atomic E-state index is 12.5. The zero-order valence-electron chi connectivity index (χ0n) is 16.7. The first-order valence-corrected chi connectivity index (χ1v) is 9.68. The van der Waals surface area contributed by atoms with Crippen molar-refractivity contribution in [2.24, 2.45) is 5.92 Å². The van der Waals surface area contributed by atoms with Crippen molar-refractivity contribution >= 4 is 17.8 Å². The van der Waals surface area contributed by atoms with Gasteiger partial charge in [-0.1, -0.05) is 37.3 Å². The molecule has 1 aromatic heterocycles. The van der Waals surface area contributed by atoms with E-state index < -0.39 is 6.29 Å². The van der Waals surface area contributed by atoms with Gasteiger partial charge in [0, 0.05) is 23.7 Å². The molecule has 8 nitrogen and oxygen atoms in total. The quantitative estimate of drug-likeness (QED) is 0.637. The lowest BCUT2D eigenvalue weighted by molar-refractivity contribution is -0.130. The molecule has 0 bridgehead atoms. The van der Waals surface area contributed by atoms with Gasteiger partial charge in [0.25, 0.3) is 0 Å². The summed E-state index contributed by atoms with van der Waals surface area (Å²) in [5, 5.41) is 16.6. The molecule has 1 aliphatic heterocycles. The van der Waals surface area contributed by atoms with Gasteiger partial charge < -0.3 is 10.6 Å². The van der Waals surface area contributed by atoms with Crippen molar-refractivity contribution in [2.45, 2.75) is 52.5 Å². The van der Waals surface area contributed by atoms with E-state index in [4.69, 9.17) is 0 Å². The number of rotatable bonds is 5. The Hall–Kier alpha value is -2.87. The van der Waals surface area contributed by atoms with Gasteiger partial charge >= 0.3 is 6.03 Å². The van der Waals surface area contributed by atoms with Gasteiger partial charge in [0.1, 0.15) is 5.82 Å². The maximum atomic E-state index is 12.5. The summed E-state index contributed by atoms with van der Waals surface area (Å²) in [6, 6.07) is 11.2. The van der Waals surface area contributed by atoms with Crippen LogP contribution in [-0.4, -0.2) is 33.8 Å². The molecule has 3 amide bonds. The Labute approximate surface area is 165 Å². The number of amides is 3. The molecule has 1 fully saturated rings. The lowest BCUT2D eigenvalue weighted by Gasteiger charge is -2.35. The van der Waals surface area contributed by atoms with Gasteiger partial charge in [0.2, 0.25) is 5.91 Å². The van der Waals surface area contributed by atoms with Gasteiger partial charge in [-0.2, -0.15) is 5.10 Å². The average molecular weight is 384 g/mol. The molecule has 1 saturated heterocycles. The van der Waals surface area contributed by atoms with Crippen molar-refractivity contribution in [3.8, 4) is 11.3 Å². The summed E-state index contributed by atoms with van der Waals surface area (Å²) in [5.41, 5.74) is 1.64. The van der Waals surface area contributed by atoms with E-state index in [-0.39, 0.29) is 29.9 Å². The largest absolute Gasteiger partial charge is 0.336 e. The first-order valence-electron chi connectivity index (χ1n) is 9.68. The molecule has 4 N–H and O–H groups in total. The summed E-state index contributed by atoms with van der Waals surface area (Å²) in [4.78, 5) is 24.7. The minimum Gasteiger partial charge on any atom is -0.336 e. The normalized spacial score (nSPS) is 22.0. The highest BCUT2D eigenvalue weighted by Gasteiger charge is 2.34. The number of carbonyl (C=O) groups excluding carboxylic acids is 2. The van der Waals surface area contributed by atoms with E-state index in [2.05, 4.69) is 26.4 Å². The molecule has 2 heterocycles. The molecule has 0 radical (unpaired) electrons. The fourth-order valence-electron chi connectivity index (χ4n) is 3.40. The molecule has 1 aromatic carbocycles. The lowest BCUT2D eigenvalue weighted by Crippen LogP contribution is -2.57. The Bertz CT molecular complexity index is 832. The Kier molecular flexibility index (Phi) is 5.99. The van der Waals surface area contributed by atoms with E-state index in [1.54, 1.807) is 10.7 Å². The highest BCUT2D eigenvalue weighted by atomic mass is 16.2. The van der Waals surface area contributed by atoms with Gasteiger partial charge in [0.15, 0.2) is 6.29 Å². The number of hydrogen-bond acceptors (Lipinski definition) is 4. The fraction of sp³-hybridized carbons (Fsp3) is 0.450. The number of urea groups is 1. The predicted octanol–water partition coefficient (Wildman–Crippen LogP) is 2.67. The molecule has 8 heteroatoms. The predicted molar refractivity (Wildman–Crippen MR) is 109 cm³/mol. The van der Waals surface area contributed by atoms with Crippen molar-refractivity contribution in [3.63, 3.8) is 0 Å². The van der Waals surface area contributed by atoms with Gasteiger partial charge in [0.05, 0.1) is 11.6 Å². The van der Waals surface area contributed by atoms with Gasteiger partial charge in [-0.05, 0) is 27.2 Å². The highest BCUT2D eigenvalue weighted by molar-refractivity contribution is 5.89. The molecule has 0 spiro atoms. The third-order valence-corrected chi connectivity index (χ3v) is 4.79. The Balaban J connectivity index is 1.93. The summed E-state index contributed by atoms with van der Waals surface area (Å²) in [6.07, 6.45) is 0.209. The Morgan fingerprint density at radius 3 is 2.61 bits per heavy atom. The van der Waals surface area contributed by atoms with Crippen LogP contribution in [0.2, 0.25) is 0 Å². The second-order valence-corrected chi connectivity index (χ2v) is 7.36. The van der Waals surface area contributed by atoms with Crippen LogP contribution in [0.1, 0.15) is 40.4 Å². The van der Waals surface area contributed by atoms with Crippen LogP contribution in [0.25, 0.3) is 11.3 Å². The number of hydrogen-bond donors (Lipinski definition) is 4. The number of benzene rings is 1. The van der Waals surface area contributed by atoms with Crippen LogP contribution in [0.3, 0.4) is 0 Å². The Morgan fingerprint density at radius 2 is 2.00 bits per heavy atom. The topological polar surface area (TPSA) is 100 Å². The maximum Gasteiger partial charge on any atom is 0.320 e. The molecule has 3 rings (SSSR count). The minimum atomic E-state index is -0.544. The number of carbonyl (C=O) groups is 2. The van der Waals surface area contributed by atoms with Crippen molar-refractivity contribution < 1.29 is 9.59 Å². The SMILES string of the molecule is CCC1C(=O)NC(n2nc(-c3ccccc3)cc2NC(=O)NC(C)C)NC1C. The third-order valence-electron chi connectivity index (χ3n) is 4.79. The first-order chi connectivity index (χ1) is 13.4. The lowest BCUT2D eigenvalue weighted by atomic mass is 9.95. The second kappa shape index (κ2) is 8.43. The summed E-state index contributed by atoms with van der Waals surface area (Å²) in [5.74, 6) is 0.381. The van der Waals surface area contributed by atoms with E-state index in [0.717, 1.165) is 12.0 Å². The molecule has 0 saturated carbocycles. The van der Waals surface area contributed by atoms with E-state index >= 15 is 0 Å². The number of anilines is 1. The molecule has 3 unspecified atom stereocenters. The monoisotopic (exact) mass is 384 g/mol. The van der Waals surface area contributed by atoms with E-state index in [0.29, 0.717) is 11.5 Å². The van der Waals surface area contributed by atoms with Crippen LogP contribution in [-0.2, 0) is 4.79 Å². The number of aromatic nitrogens is 2. The molecule has 28 heavy (non-hydrogen) atoms. The molecule has 0 aliphatic carbocycles. The molecule has 1 aliphatic rings. The first kappa shape index (κ1) is 19.9. The summed E-state index contributed by atoms with van der Waals surface area (Å²) < 4.78 is 1.61. The van der Waals surface area contributed by atoms with Gasteiger partial charge in [-0.3, -0.25) is 15.4 Å². The molecule has 2 aromatic rings. The van der Waals surface area contributed by atoms with Gasteiger partial charge in [-0.25, -0.2) is 9.48 Å². The van der Waals surface area contributed by atoms with Crippen LogP contribution < -0.4 is 21.3 Å². The minimum absolute atomic E-state index is 0.00260. The van der Waals surface area contributed by atoms with Crippen LogP contribution in [0.5, 0.6) is 0 Å². The summed E-state index contributed by atoms with van der Waals surface area (Å²) >= 11 is 0. The third kappa shape index (κ3) is 4.33. The standard InChI is InChI=1S/C20H28N6O2/c1-5-15-13(4)22-19(24-18(15)27)26-17(23-20(28)21-12(2)3)11-16(25-26)14-9-7-6-8-10-14/h6-13,15,19,22H,5H2,1-4H3,(H,24,27)(H2,21,23,28). The zero-order valence-corrected chi connectivity index (χ0v) is 16.7. The van der Waals surface area contributed by atoms with Crippen molar-refractivity contribution in [3.05, 3.63) is 36.4 Å². The zero-order chi connectivity index (χ0) is 20.3. The van der Waals surface area contributed by atoms with E-state index in [1.165, 1.54) is 0 Å². The van der Waals surface area contributed by atoms with Gasteiger partial charge in [-0.15, -0.1) is 0 Å². The van der Waals surface area contributed by atoms with Crippen LogP contribution in [0.15, 0.2) is 36.4 Å².